The van der Waals surface area contributed by atoms with Gasteiger partial charge in [0.15, 0.2) is 11.5 Å². The fraction of sp³-hybridized carbons (Fsp3) is 0.500. The topological polar surface area (TPSA) is 85.5 Å². The molecule has 0 bridgehead atoms. The molecule has 0 radical (unpaired) electrons. The quantitative estimate of drug-likeness (QED) is 0.535. The van der Waals surface area contributed by atoms with Crippen LogP contribution in [0.3, 0.4) is 0 Å². The summed E-state index contributed by atoms with van der Waals surface area (Å²) in [7, 11) is 1.61. The summed E-state index contributed by atoms with van der Waals surface area (Å²) in [5.74, 6) is 1.62. The minimum Gasteiger partial charge on any atom is -0.493 e. The number of halogens is 1. The number of nitrogens with zero attached hydrogens (tertiary/aromatic N) is 1. The van der Waals surface area contributed by atoms with Crippen molar-refractivity contribution < 1.29 is 14.2 Å². The molecule has 28 heavy (non-hydrogen) atoms. The van der Waals surface area contributed by atoms with Crippen molar-refractivity contribution in [1.82, 2.24) is 10.2 Å². The Balaban J connectivity index is 2.16. The smallest absolute Gasteiger partial charge is 0.285 e. The van der Waals surface area contributed by atoms with Gasteiger partial charge >= 0.3 is 0 Å². The van der Waals surface area contributed by atoms with Gasteiger partial charge < -0.3 is 19.5 Å². The zero-order valence-corrected chi connectivity index (χ0v) is 17.6. The maximum absolute atomic E-state index is 11.8. The fourth-order valence-electron chi connectivity index (χ4n) is 2.54. The molecule has 2 N–H and O–H groups in total. The van der Waals surface area contributed by atoms with E-state index in [1.807, 2.05) is 32.0 Å². The first kappa shape index (κ1) is 21.9. The number of nitrogens with one attached hydrogen (secondary N) is 2. The largest absolute Gasteiger partial charge is 0.493 e. The number of aromatic nitrogens is 2. The number of anilines is 1. The Labute approximate surface area is 170 Å². The summed E-state index contributed by atoms with van der Waals surface area (Å²) in [6, 6.07) is 5.69. The van der Waals surface area contributed by atoms with Crippen LogP contribution in [0.1, 0.15) is 45.6 Å². The van der Waals surface area contributed by atoms with E-state index in [9.17, 15) is 4.79 Å². The molecule has 0 unspecified atom stereocenters. The molecule has 0 amide bonds. The second kappa shape index (κ2) is 10.8. The van der Waals surface area contributed by atoms with E-state index in [0.717, 1.165) is 24.8 Å². The van der Waals surface area contributed by atoms with Crippen molar-refractivity contribution >= 4 is 17.3 Å². The first-order chi connectivity index (χ1) is 13.5. The van der Waals surface area contributed by atoms with Crippen LogP contribution in [-0.4, -0.2) is 30.0 Å². The van der Waals surface area contributed by atoms with Gasteiger partial charge in [0.05, 0.1) is 19.8 Å². The lowest BCUT2D eigenvalue weighted by molar-refractivity contribution is 0.231. The molecule has 0 aliphatic rings. The third kappa shape index (κ3) is 6.05. The molecular weight excluding hydrogens is 382 g/mol. The average molecular weight is 410 g/mol. The van der Waals surface area contributed by atoms with Gasteiger partial charge in [-0.1, -0.05) is 37.4 Å². The molecule has 2 rings (SSSR count). The third-order valence-corrected chi connectivity index (χ3v) is 4.30. The summed E-state index contributed by atoms with van der Waals surface area (Å²) in [6.07, 6.45) is 3.14. The number of H-pyrrole nitrogens is 1. The van der Waals surface area contributed by atoms with E-state index in [-0.39, 0.29) is 17.0 Å². The highest BCUT2D eigenvalue weighted by molar-refractivity contribution is 6.33. The van der Waals surface area contributed by atoms with E-state index in [4.69, 9.17) is 25.8 Å². The number of aromatic amines is 1. The Hall–Kier alpha value is -2.41. The van der Waals surface area contributed by atoms with E-state index in [2.05, 4.69) is 22.4 Å². The fourth-order valence-corrected chi connectivity index (χ4v) is 2.73. The Morgan fingerprint density at radius 2 is 2.04 bits per heavy atom. The van der Waals surface area contributed by atoms with Crippen LogP contribution in [0.25, 0.3) is 0 Å². The second-order valence-electron chi connectivity index (χ2n) is 6.61. The van der Waals surface area contributed by atoms with Crippen LogP contribution in [0.2, 0.25) is 5.02 Å². The maximum atomic E-state index is 11.8. The van der Waals surface area contributed by atoms with Gasteiger partial charge in [-0.3, -0.25) is 4.79 Å². The maximum Gasteiger partial charge on any atom is 0.285 e. The number of benzene rings is 1. The highest BCUT2D eigenvalue weighted by atomic mass is 35.5. The highest BCUT2D eigenvalue weighted by Crippen LogP contribution is 2.31. The lowest BCUT2D eigenvalue weighted by Crippen LogP contribution is -2.17. The van der Waals surface area contributed by atoms with Crippen molar-refractivity contribution in [1.29, 1.82) is 0 Å². The molecule has 0 fully saturated rings. The van der Waals surface area contributed by atoms with E-state index < -0.39 is 5.56 Å². The Kier molecular flexibility index (Phi) is 8.44. The third-order valence-electron chi connectivity index (χ3n) is 3.94. The number of rotatable bonds is 11. The summed E-state index contributed by atoms with van der Waals surface area (Å²) in [5, 5.41) is 9.43. The molecular formula is C20H28ClN3O4. The van der Waals surface area contributed by atoms with Crippen LogP contribution in [0.15, 0.2) is 23.0 Å². The van der Waals surface area contributed by atoms with Gasteiger partial charge in [0.1, 0.15) is 10.7 Å². The van der Waals surface area contributed by atoms with Gasteiger partial charge in [-0.25, -0.2) is 5.10 Å². The van der Waals surface area contributed by atoms with Crippen LogP contribution in [-0.2, 0) is 6.54 Å². The second-order valence-corrected chi connectivity index (χ2v) is 6.99. The SMILES string of the molecule is CCCCCOc1cc(CNc2c(OC(C)C)n[nH]c(=O)c2Cl)ccc1OC. The molecule has 0 atom stereocenters. The van der Waals surface area contributed by atoms with Gasteiger partial charge in [0.25, 0.3) is 11.4 Å². The van der Waals surface area contributed by atoms with Crippen LogP contribution in [0.5, 0.6) is 17.4 Å². The van der Waals surface area contributed by atoms with Crippen LogP contribution >= 0.6 is 11.6 Å². The van der Waals surface area contributed by atoms with Gasteiger partial charge in [0, 0.05) is 6.54 Å². The van der Waals surface area contributed by atoms with E-state index >= 15 is 0 Å². The van der Waals surface area contributed by atoms with Crippen molar-refractivity contribution in [2.75, 3.05) is 19.0 Å². The molecule has 0 aliphatic carbocycles. The molecule has 7 nitrogen and oxygen atoms in total. The van der Waals surface area contributed by atoms with Crippen molar-refractivity contribution in [2.24, 2.45) is 0 Å². The number of ether oxygens (including phenoxy) is 3. The van der Waals surface area contributed by atoms with Crippen molar-refractivity contribution in [3.63, 3.8) is 0 Å². The zero-order valence-electron chi connectivity index (χ0n) is 16.8. The lowest BCUT2D eigenvalue weighted by Gasteiger charge is -2.16. The standard InChI is InChI=1S/C20H28ClN3O4/c1-5-6-7-10-27-16-11-14(8-9-15(16)26-4)12-22-18-17(21)19(25)23-24-20(18)28-13(2)3/h8-9,11,13H,5-7,10,12H2,1-4H3,(H2,22,23,25). The minimum atomic E-state index is -0.477. The molecule has 1 aromatic heterocycles. The molecule has 154 valence electrons. The van der Waals surface area contributed by atoms with Crippen LogP contribution in [0.4, 0.5) is 5.69 Å². The predicted molar refractivity (Wildman–Crippen MR) is 111 cm³/mol. The van der Waals surface area contributed by atoms with E-state index in [0.29, 0.717) is 30.3 Å². The minimum absolute atomic E-state index is 0.00945. The average Bonchev–Trinajstić information content (AvgIpc) is 2.67. The Morgan fingerprint density at radius 3 is 2.71 bits per heavy atom. The molecule has 0 aliphatic heterocycles. The number of methoxy groups -OCH3 is 1. The molecule has 2 aromatic rings. The van der Waals surface area contributed by atoms with E-state index in [1.165, 1.54) is 0 Å². The monoisotopic (exact) mass is 409 g/mol. The normalized spacial score (nSPS) is 10.8. The van der Waals surface area contributed by atoms with Crippen molar-refractivity contribution in [2.45, 2.75) is 52.7 Å². The highest BCUT2D eigenvalue weighted by Gasteiger charge is 2.15. The van der Waals surface area contributed by atoms with Gasteiger partial charge in [-0.2, -0.15) is 0 Å². The van der Waals surface area contributed by atoms with Gasteiger partial charge in [0.2, 0.25) is 0 Å². The molecule has 0 saturated heterocycles. The Morgan fingerprint density at radius 1 is 1.25 bits per heavy atom. The first-order valence-corrected chi connectivity index (χ1v) is 9.82. The van der Waals surface area contributed by atoms with Crippen molar-refractivity contribution in [3.05, 3.63) is 39.1 Å². The Bertz CT molecular complexity index is 824. The van der Waals surface area contributed by atoms with Gasteiger partial charge in [-0.15, -0.1) is 5.10 Å². The van der Waals surface area contributed by atoms with Crippen molar-refractivity contribution in [3.8, 4) is 17.4 Å². The zero-order chi connectivity index (χ0) is 20.5. The van der Waals surface area contributed by atoms with Crippen LogP contribution < -0.4 is 25.1 Å². The molecule has 0 spiro atoms. The summed E-state index contributed by atoms with van der Waals surface area (Å²) in [6.45, 7) is 6.94. The summed E-state index contributed by atoms with van der Waals surface area (Å²) < 4.78 is 16.9. The van der Waals surface area contributed by atoms with Crippen LogP contribution in [0, 0.1) is 0 Å². The summed E-state index contributed by atoms with van der Waals surface area (Å²) >= 11 is 6.15. The van der Waals surface area contributed by atoms with Gasteiger partial charge in [-0.05, 0) is 38.0 Å². The number of hydrogen-bond donors (Lipinski definition) is 2. The molecule has 8 heteroatoms. The molecule has 0 saturated carbocycles. The number of unbranched alkanes of at least 4 members (excludes halogenated alkanes) is 2. The molecule has 1 aromatic carbocycles. The summed E-state index contributed by atoms with van der Waals surface area (Å²) in [5.41, 5.74) is 0.827. The molecule has 1 heterocycles. The predicted octanol–water partition coefficient (Wildman–Crippen LogP) is 4.40. The van der Waals surface area contributed by atoms with E-state index in [1.54, 1.807) is 7.11 Å². The summed E-state index contributed by atoms with van der Waals surface area (Å²) in [4.78, 5) is 11.8. The lowest BCUT2D eigenvalue weighted by atomic mass is 10.2. The number of hydrogen-bond acceptors (Lipinski definition) is 6. The first-order valence-electron chi connectivity index (χ1n) is 9.44.